The number of quaternary nitrogens is 4. The summed E-state index contributed by atoms with van der Waals surface area (Å²) in [6.07, 6.45) is 5.85. The average Bonchev–Trinajstić information content (AvgIpc) is 2.91. The zero-order valence-corrected chi connectivity index (χ0v) is 21.4. The SMILES string of the molecule is [NH3+]CCOc1ccc(/C=C/C(=O)CC(=O)/C=C/c2ccc(OCC[NH3+])c(OCC[NH3+])c2)cc1OCC[NH3+]. The lowest BCUT2D eigenvalue weighted by molar-refractivity contribution is -0.372. The molecule has 0 radical (unpaired) electrons. The van der Waals surface area contributed by atoms with E-state index in [2.05, 4.69) is 22.9 Å². The highest BCUT2D eigenvalue weighted by Crippen LogP contribution is 2.30. The van der Waals surface area contributed by atoms with Crippen LogP contribution in [0.25, 0.3) is 12.2 Å². The van der Waals surface area contributed by atoms with E-state index in [0.29, 0.717) is 75.6 Å². The number of hydrogen-bond acceptors (Lipinski definition) is 6. The molecule has 0 heterocycles. The van der Waals surface area contributed by atoms with Gasteiger partial charge < -0.3 is 41.9 Å². The third-order valence-corrected chi connectivity index (χ3v) is 4.81. The molecule has 0 saturated carbocycles. The second-order valence-electron chi connectivity index (χ2n) is 8.00. The zero-order chi connectivity index (χ0) is 26.9. The normalized spacial score (nSPS) is 11.1. The van der Waals surface area contributed by atoms with Crippen molar-refractivity contribution < 1.29 is 51.5 Å². The molecule has 2 aromatic carbocycles. The summed E-state index contributed by atoms with van der Waals surface area (Å²) >= 11 is 0. The van der Waals surface area contributed by atoms with Gasteiger partial charge in [-0.25, -0.2) is 0 Å². The van der Waals surface area contributed by atoms with Gasteiger partial charge in [-0.15, -0.1) is 0 Å². The maximum atomic E-state index is 12.4. The smallest absolute Gasteiger partial charge is 0.163 e. The number of ketones is 2. The van der Waals surface area contributed by atoms with Crippen molar-refractivity contribution in [1.29, 1.82) is 0 Å². The van der Waals surface area contributed by atoms with Crippen molar-refractivity contribution in [1.82, 2.24) is 0 Å². The van der Waals surface area contributed by atoms with Gasteiger partial charge in [0.25, 0.3) is 0 Å². The van der Waals surface area contributed by atoms with Crippen molar-refractivity contribution in [2.75, 3.05) is 52.6 Å². The highest BCUT2D eigenvalue weighted by atomic mass is 16.5. The molecule has 10 nitrogen and oxygen atoms in total. The summed E-state index contributed by atoms with van der Waals surface area (Å²) in [4.78, 5) is 24.7. The fourth-order valence-corrected chi connectivity index (χ4v) is 3.12. The van der Waals surface area contributed by atoms with Crippen LogP contribution < -0.4 is 41.9 Å². The highest BCUT2D eigenvalue weighted by Gasteiger charge is 2.09. The summed E-state index contributed by atoms with van der Waals surface area (Å²) in [5.74, 6) is 1.77. The molecular formula is C27H40N4O6+4. The zero-order valence-electron chi connectivity index (χ0n) is 21.4. The van der Waals surface area contributed by atoms with Crippen LogP contribution in [0.1, 0.15) is 17.5 Å². The Bertz CT molecular complexity index is 987. The Hall–Kier alpha value is -3.70. The summed E-state index contributed by atoms with van der Waals surface area (Å²) in [7, 11) is 0. The Labute approximate surface area is 217 Å². The first-order valence-electron chi connectivity index (χ1n) is 12.4. The van der Waals surface area contributed by atoms with Crippen LogP contribution in [0.5, 0.6) is 23.0 Å². The van der Waals surface area contributed by atoms with Gasteiger partial charge in [0, 0.05) is 0 Å². The molecule has 12 N–H and O–H groups in total. The Morgan fingerprint density at radius 1 is 0.568 bits per heavy atom. The first-order valence-corrected chi connectivity index (χ1v) is 12.4. The second-order valence-corrected chi connectivity index (χ2v) is 8.00. The Morgan fingerprint density at radius 3 is 1.27 bits per heavy atom. The molecule has 0 saturated heterocycles. The molecule has 0 aliphatic carbocycles. The number of rotatable bonds is 18. The van der Waals surface area contributed by atoms with E-state index in [4.69, 9.17) is 18.9 Å². The molecule has 0 atom stereocenters. The summed E-state index contributed by atoms with van der Waals surface area (Å²) in [6, 6.07) is 10.8. The van der Waals surface area contributed by atoms with Crippen LogP contribution in [-0.4, -0.2) is 64.2 Å². The fourth-order valence-electron chi connectivity index (χ4n) is 3.12. The summed E-state index contributed by atoms with van der Waals surface area (Å²) in [5.41, 5.74) is 16.6. The van der Waals surface area contributed by atoms with E-state index < -0.39 is 0 Å². The van der Waals surface area contributed by atoms with Crippen molar-refractivity contribution in [3.05, 3.63) is 59.7 Å². The van der Waals surface area contributed by atoms with Gasteiger partial charge in [0.1, 0.15) is 52.6 Å². The third-order valence-electron chi connectivity index (χ3n) is 4.81. The molecule has 37 heavy (non-hydrogen) atoms. The van der Waals surface area contributed by atoms with Crippen LogP contribution in [0.4, 0.5) is 0 Å². The van der Waals surface area contributed by atoms with Gasteiger partial charge in [-0.1, -0.05) is 24.3 Å². The number of benzene rings is 2. The number of carbonyl (C=O) groups excluding carboxylic acids is 2. The van der Waals surface area contributed by atoms with E-state index in [9.17, 15) is 9.59 Å². The van der Waals surface area contributed by atoms with Crippen LogP contribution in [0.3, 0.4) is 0 Å². The first kappa shape index (κ1) is 29.5. The Kier molecular flexibility index (Phi) is 13.5. The van der Waals surface area contributed by atoms with E-state index in [1.165, 1.54) is 12.2 Å². The molecule has 10 heteroatoms. The summed E-state index contributed by atoms with van der Waals surface area (Å²) < 4.78 is 22.7. The lowest BCUT2D eigenvalue weighted by atomic mass is 10.1. The van der Waals surface area contributed by atoms with E-state index in [1.807, 2.05) is 12.1 Å². The van der Waals surface area contributed by atoms with Crippen LogP contribution in [0.15, 0.2) is 48.6 Å². The van der Waals surface area contributed by atoms with Gasteiger partial charge in [-0.3, -0.25) is 9.59 Å². The largest absolute Gasteiger partial charge is 0.484 e. The molecule has 0 aliphatic heterocycles. The van der Waals surface area contributed by atoms with Gasteiger partial charge in [-0.2, -0.15) is 0 Å². The van der Waals surface area contributed by atoms with Crippen molar-refractivity contribution >= 4 is 23.7 Å². The van der Waals surface area contributed by atoms with E-state index >= 15 is 0 Å². The van der Waals surface area contributed by atoms with E-state index in [1.54, 1.807) is 36.4 Å². The number of carbonyl (C=O) groups is 2. The van der Waals surface area contributed by atoms with Crippen LogP contribution in [0.2, 0.25) is 0 Å². The van der Waals surface area contributed by atoms with Crippen LogP contribution in [0, 0.1) is 0 Å². The van der Waals surface area contributed by atoms with Crippen LogP contribution in [-0.2, 0) is 9.59 Å². The fraction of sp³-hybridized carbons (Fsp3) is 0.333. The van der Waals surface area contributed by atoms with Crippen molar-refractivity contribution in [2.24, 2.45) is 0 Å². The quantitative estimate of drug-likeness (QED) is 0.137. The molecule has 0 bridgehead atoms. The maximum absolute atomic E-state index is 12.4. The molecule has 0 aliphatic rings. The van der Waals surface area contributed by atoms with Crippen molar-refractivity contribution in [2.45, 2.75) is 6.42 Å². The summed E-state index contributed by atoms with van der Waals surface area (Å²) in [5, 5.41) is 0. The molecule has 2 rings (SSSR count). The molecule has 0 aromatic heterocycles. The average molecular weight is 517 g/mol. The van der Waals surface area contributed by atoms with Gasteiger partial charge >= 0.3 is 0 Å². The predicted octanol–water partition coefficient (Wildman–Crippen LogP) is -1.58. The Balaban J connectivity index is 2.00. The minimum absolute atomic E-state index is 0.238. The van der Waals surface area contributed by atoms with Crippen LogP contribution >= 0.6 is 0 Å². The monoisotopic (exact) mass is 516 g/mol. The van der Waals surface area contributed by atoms with Crippen molar-refractivity contribution in [3.8, 4) is 23.0 Å². The first-order chi connectivity index (χ1) is 18.0. The maximum Gasteiger partial charge on any atom is 0.163 e. The van der Waals surface area contributed by atoms with E-state index in [-0.39, 0.29) is 18.0 Å². The minimum atomic E-state index is -0.302. The second kappa shape index (κ2) is 16.9. The number of hydrogen-bond donors (Lipinski definition) is 4. The summed E-state index contributed by atoms with van der Waals surface area (Å²) in [6.45, 7) is 4.34. The Morgan fingerprint density at radius 2 is 0.919 bits per heavy atom. The lowest BCUT2D eigenvalue weighted by Crippen LogP contribution is -2.53. The molecule has 2 aromatic rings. The minimum Gasteiger partial charge on any atom is -0.484 e. The van der Waals surface area contributed by atoms with E-state index in [0.717, 1.165) is 11.1 Å². The molecule has 200 valence electrons. The molecule has 0 amide bonds. The molecular weight excluding hydrogens is 476 g/mol. The van der Waals surface area contributed by atoms with Gasteiger partial charge in [0.2, 0.25) is 0 Å². The molecule has 0 spiro atoms. The number of allylic oxidation sites excluding steroid dienone is 2. The standard InChI is InChI=1S/C27H36N4O6/c28-9-13-34-24-7-3-20(17-26(24)36-15-11-30)1-5-22(32)19-23(33)6-2-21-4-8-25(35-14-10-29)27(18-21)37-16-12-31/h1-8,17-18H,9-16,19,28-31H2/p+4/b5-1+,6-2+. The lowest BCUT2D eigenvalue weighted by Gasteiger charge is -2.11. The van der Waals surface area contributed by atoms with Gasteiger partial charge in [-0.05, 0) is 47.5 Å². The predicted molar refractivity (Wildman–Crippen MR) is 139 cm³/mol. The third kappa shape index (κ3) is 10.8. The van der Waals surface area contributed by atoms with Crippen molar-refractivity contribution in [3.63, 3.8) is 0 Å². The molecule has 0 fully saturated rings. The highest BCUT2D eigenvalue weighted by molar-refractivity contribution is 6.10. The van der Waals surface area contributed by atoms with Gasteiger partial charge in [0.05, 0.1) is 6.42 Å². The topological polar surface area (TPSA) is 182 Å². The van der Waals surface area contributed by atoms with Gasteiger partial charge in [0.15, 0.2) is 34.6 Å². The molecule has 0 unspecified atom stereocenters. The number of ether oxygens (including phenoxy) is 4.